The van der Waals surface area contributed by atoms with Crippen LogP contribution in [0.3, 0.4) is 0 Å². The molecule has 35 heavy (non-hydrogen) atoms. The van der Waals surface area contributed by atoms with Crippen LogP contribution in [0.15, 0.2) is 47.6 Å². The van der Waals surface area contributed by atoms with Gasteiger partial charge in [-0.05, 0) is 36.2 Å². The summed E-state index contributed by atoms with van der Waals surface area (Å²) in [6.07, 6.45) is 0. The predicted molar refractivity (Wildman–Crippen MR) is 135 cm³/mol. The predicted octanol–water partition coefficient (Wildman–Crippen LogP) is 4.89. The molecule has 0 aliphatic heterocycles. The molecular formula is C22H22Cl2N6O4S. The van der Waals surface area contributed by atoms with Gasteiger partial charge in [-0.3, -0.25) is 19.7 Å². The van der Waals surface area contributed by atoms with E-state index < -0.39 is 16.9 Å². The molecule has 0 aliphatic carbocycles. The van der Waals surface area contributed by atoms with Gasteiger partial charge in [0.2, 0.25) is 5.91 Å². The Kier molecular flexibility index (Phi) is 8.71. The van der Waals surface area contributed by atoms with Gasteiger partial charge in [0, 0.05) is 29.8 Å². The van der Waals surface area contributed by atoms with Crippen LogP contribution in [0.2, 0.25) is 10.0 Å². The number of carbonyl (C=O) groups is 2. The molecule has 2 N–H and O–H groups in total. The number of hydrogen-bond acceptors (Lipinski definition) is 7. The maximum absolute atomic E-state index is 12.7. The largest absolute Gasteiger partial charge is 0.342 e. The van der Waals surface area contributed by atoms with Gasteiger partial charge in [-0.1, -0.05) is 48.8 Å². The first-order chi connectivity index (χ1) is 16.6. The van der Waals surface area contributed by atoms with Crippen LogP contribution in [0, 0.1) is 16.0 Å². The lowest BCUT2D eigenvalue weighted by Gasteiger charge is -2.21. The van der Waals surface area contributed by atoms with Gasteiger partial charge in [-0.15, -0.1) is 10.2 Å². The number of carbonyl (C=O) groups excluding carboxylic acids is 2. The molecule has 3 rings (SSSR count). The van der Waals surface area contributed by atoms with Crippen molar-refractivity contribution >= 4 is 58.2 Å². The zero-order chi connectivity index (χ0) is 25.7. The molecule has 0 spiro atoms. The Morgan fingerprint density at radius 2 is 1.83 bits per heavy atom. The summed E-state index contributed by atoms with van der Waals surface area (Å²) in [5.74, 6) is -0.184. The van der Waals surface area contributed by atoms with Crippen LogP contribution in [0.4, 0.5) is 11.4 Å². The first kappa shape index (κ1) is 26.5. The van der Waals surface area contributed by atoms with Gasteiger partial charge in [0.05, 0.1) is 27.4 Å². The standard InChI is InChI=1S/C22H22Cl2N6O4S/c1-12(2)19(26-21(32)13-4-6-14(23)7-5-13)20-27-28-22(29(20)3)35-11-18(31)25-17-10-15(30(33)34)8-9-16(17)24/h4-10,12,19H,11H2,1-3H3,(H,25,31)(H,26,32)/t19-/m1/s1. The first-order valence-corrected chi connectivity index (χ1v) is 12.1. The summed E-state index contributed by atoms with van der Waals surface area (Å²) in [6.45, 7) is 3.90. The summed E-state index contributed by atoms with van der Waals surface area (Å²) >= 11 is 13.1. The first-order valence-electron chi connectivity index (χ1n) is 10.4. The van der Waals surface area contributed by atoms with E-state index in [9.17, 15) is 19.7 Å². The second-order valence-electron chi connectivity index (χ2n) is 7.86. The van der Waals surface area contributed by atoms with Crippen molar-refractivity contribution in [3.8, 4) is 0 Å². The van der Waals surface area contributed by atoms with Gasteiger partial charge in [0.1, 0.15) is 0 Å². The van der Waals surface area contributed by atoms with E-state index in [1.165, 1.54) is 18.2 Å². The maximum atomic E-state index is 12.7. The van der Waals surface area contributed by atoms with Crippen molar-refractivity contribution in [1.82, 2.24) is 20.1 Å². The topological polar surface area (TPSA) is 132 Å². The van der Waals surface area contributed by atoms with Gasteiger partial charge < -0.3 is 15.2 Å². The van der Waals surface area contributed by atoms with Crippen LogP contribution in [-0.4, -0.2) is 37.3 Å². The number of nitro groups is 1. The number of non-ortho nitro benzene ring substituents is 1. The van der Waals surface area contributed by atoms with E-state index in [1.54, 1.807) is 35.9 Å². The minimum Gasteiger partial charge on any atom is -0.342 e. The zero-order valence-corrected chi connectivity index (χ0v) is 21.3. The van der Waals surface area contributed by atoms with Crippen molar-refractivity contribution in [3.63, 3.8) is 0 Å². The molecule has 0 aliphatic rings. The molecule has 13 heteroatoms. The molecule has 0 saturated heterocycles. The fourth-order valence-electron chi connectivity index (χ4n) is 3.12. The Balaban J connectivity index is 1.67. The van der Waals surface area contributed by atoms with Crippen molar-refractivity contribution in [3.05, 3.63) is 74.0 Å². The molecule has 10 nitrogen and oxygen atoms in total. The Bertz CT molecular complexity index is 1250. The minimum absolute atomic E-state index is 0.00584. The van der Waals surface area contributed by atoms with Crippen molar-refractivity contribution in [1.29, 1.82) is 0 Å². The summed E-state index contributed by atoms with van der Waals surface area (Å²) in [6, 6.07) is 9.93. The monoisotopic (exact) mass is 536 g/mol. The number of nitrogens with zero attached hydrogens (tertiary/aromatic N) is 4. The normalized spacial score (nSPS) is 11.8. The molecule has 0 saturated carbocycles. The molecule has 0 radical (unpaired) electrons. The summed E-state index contributed by atoms with van der Waals surface area (Å²) in [7, 11) is 1.75. The molecule has 0 bridgehead atoms. The van der Waals surface area contributed by atoms with Crippen LogP contribution in [0.25, 0.3) is 0 Å². The Morgan fingerprint density at radius 3 is 2.46 bits per heavy atom. The lowest BCUT2D eigenvalue weighted by atomic mass is 10.0. The fraction of sp³-hybridized carbons (Fsp3) is 0.273. The van der Waals surface area contributed by atoms with E-state index in [-0.39, 0.29) is 34.0 Å². The lowest BCUT2D eigenvalue weighted by molar-refractivity contribution is -0.384. The number of rotatable bonds is 9. The third kappa shape index (κ3) is 6.71. The highest BCUT2D eigenvalue weighted by Crippen LogP contribution is 2.28. The van der Waals surface area contributed by atoms with Crippen LogP contribution in [0.1, 0.15) is 36.1 Å². The lowest BCUT2D eigenvalue weighted by Crippen LogP contribution is -2.33. The van der Waals surface area contributed by atoms with Crippen LogP contribution < -0.4 is 10.6 Å². The average molecular weight is 537 g/mol. The van der Waals surface area contributed by atoms with Gasteiger partial charge in [-0.2, -0.15) is 0 Å². The van der Waals surface area contributed by atoms with E-state index in [1.807, 2.05) is 13.8 Å². The molecule has 184 valence electrons. The molecule has 1 atom stereocenters. The van der Waals surface area contributed by atoms with E-state index in [0.717, 1.165) is 11.8 Å². The SMILES string of the molecule is CC(C)[C@@H](NC(=O)c1ccc(Cl)cc1)c1nnc(SCC(=O)Nc2cc([N+](=O)[O-])ccc2Cl)n1C. The van der Waals surface area contributed by atoms with Crippen LogP contribution in [-0.2, 0) is 11.8 Å². The van der Waals surface area contributed by atoms with Gasteiger partial charge in [0.15, 0.2) is 11.0 Å². The highest BCUT2D eigenvalue weighted by molar-refractivity contribution is 7.99. The molecule has 2 amide bonds. The molecule has 3 aromatic rings. The Morgan fingerprint density at radius 1 is 1.14 bits per heavy atom. The average Bonchev–Trinajstić information content (AvgIpc) is 3.17. The van der Waals surface area contributed by atoms with Crippen molar-refractivity contribution in [2.45, 2.75) is 25.0 Å². The second kappa shape index (κ2) is 11.5. The number of amides is 2. The van der Waals surface area contributed by atoms with E-state index in [2.05, 4.69) is 20.8 Å². The Hall–Kier alpha value is -3.15. The van der Waals surface area contributed by atoms with E-state index >= 15 is 0 Å². The number of aromatic nitrogens is 3. The smallest absolute Gasteiger partial charge is 0.271 e. The van der Waals surface area contributed by atoms with Crippen molar-refractivity contribution in [2.24, 2.45) is 13.0 Å². The minimum atomic E-state index is -0.571. The third-order valence-electron chi connectivity index (χ3n) is 4.97. The molecule has 1 heterocycles. The second-order valence-corrected chi connectivity index (χ2v) is 9.65. The number of anilines is 1. The van der Waals surface area contributed by atoms with Gasteiger partial charge >= 0.3 is 0 Å². The molecule has 1 aromatic heterocycles. The molecule has 2 aromatic carbocycles. The van der Waals surface area contributed by atoms with Crippen molar-refractivity contribution < 1.29 is 14.5 Å². The summed E-state index contributed by atoms with van der Waals surface area (Å²) in [4.78, 5) is 35.5. The van der Waals surface area contributed by atoms with Gasteiger partial charge in [-0.25, -0.2) is 0 Å². The maximum Gasteiger partial charge on any atom is 0.271 e. The number of halogens is 2. The number of hydrogen-bond donors (Lipinski definition) is 2. The van der Waals surface area contributed by atoms with Gasteiger partial charge in [0.25, 0.3) is 11.6 Å². The molecule has 0 fully saturated rings. The third-order valence-corrected chi connectivity index (χ3v) is 6.58. The van der Waals surface area contributed by atoms with Crippen molar-refractivity contribution in [2.75, 3.05) is 11.1 Å². The highest BCUT2D eigenvalue weighted by Gasteiger charge is 2.25. The summed E-state index contributed by atoms with van der Waals surface area (Å²) in [5, 5.41) is 26.1. The fourth-order valence-corrected chi connectivity index (χ4v) is 4.13. The van der Waals surface area contributed by atoms with E-state index in [4.69, 9.17) is 23.2 Å². The number of benzene rings is 2. The van der Waals surface area contributed by atoms with Crippen LogP contribution >= 0.6 is 35.0 Å². The van der Waals surface area contributed by atoms with E-state index in [0.29, 0.717) is 21.6 Å². The molecule has 0 unspecified atom stereocenters. The number of nitro benzene ring substituents is 1. The zero-order valence-electron chi connectivity index (χ0n) is 19.0. The summed E-state index contributed by atoms with van der Waals surface area (Å²) in [5.41, 5.74) is 0.430. The van der Waals surface area contributed by atoms with Crippen LogP contribution in [0.5, 0.6) is 0 Å². The number of thioether (sulfide) groups is 1. The highest BCUT2D eigenvalue weighted by atomic mass is 35.5. The molecular weight excluding hydrogens is 515 g/mol. The summed E-state index contributed by atoms with van der Waals surface area (Å²) < 4.78 is 1.71. The number of nitrogens with one attached hydrogen (secondary N) is 2. The Labute approximate surface area is 215 Å². The quantitative estimate of drug-likeness (QED) is 0.226.